The lowest BCUT2D eigenvalue weighted by Gasteiger charge is -2.50. The predicted octanol–water partition coefficient (Wildman–Crippen LogP) is 1.05. The van der Waals surface area contributed by atoms with Crippen LogP contribution in [0.5, 0.6) is 0 Å². The first-order valence-corrected chi connectivity index (χ1v) is 7.47. The van der Waals surface area contributed by atoms with Crippen LogP contribution in [-0.4, -0.2) is 61.5 Å². The number of likely N-dealkylation sites (tertiary alicyclic amines) is 1. The Morgan fingerprint density at radius 3 is 2.60 bits per heavy atom. The van der Waals surface area contributed by atoms with Gasteiger partial charge in [0.1, 0.15) is 0 Å². The molecule has 0 radical (unpaired) electrons. The van der Waals surface area contributed by atoms with Crippen molar-refractivity contribution in [2.75, 3.05) is 40.0 Å². The van der Waals surface area contributed by atoms with Gasteiger partial charge in [-0.2, -0.15) is 0 Å². The molecule has 2 saturated heterocycles. The third-order valence-corrected chi connectivity index (χ3v) is 4.91. The van der Waals surface area contributed by atoms with Gasteiger partial charge in [-0.1, -0.05) is 13.8 Å². The van der Waals surface area contributed by atoms with Crippen LogP contribution in [-0.2, 0) is 14.3 Å². The maximum absolute atomic E-state index is 12.6. The van der Waals surface area contributed by atoms with E-state index in [9.17, 15) is 9.90 Å². The summed E-state index contributed by atoms with van der Waals surface area (Å²) in [5.41, 5.74) is -1.21. The van der Waals surface area contributed by atoms with Crippen LogP contribution in [0, 0.1) is 11.3 Å². The van der Waals surface area contributed by atoms with Crippen molar-refractivity contribution in [1.29, 1.82) is 0 Å². The first kappa shape index (κ1) is 15.7. The lowest BCUT2D eigenvalue weighted by molar-refractivity contribution is -0.167. The number of hydrogen-bond acceptors (Lipinski definition) is 4. The van der Waals surface area contributed by atoms with Gasteiger partial charge in [-0.3, -0.25) is 4.79 Å². The van der Waals surface area contributed by atoms with E-state index in [1.165, 1.54) is 0 Å². The molecule has 0 aliphatic carbocycles. The Balaban J connectivity index is 2.01. The highest BCUT2D eigenvalue weighted by Crippen LogP contribution is 2.39. The Bertz CT molecular complexity index is 352. The molecule has 116 valence electrons. The van der Waals surface area contributed by atoms with Gasteiger partial charge in [0.15, 0.2) is 0 Å². The third kappa shape index (κ3) is 3.00. The molecule has 1 atom stereocenters. The molecule has 2 aliphatic heterocycles. The summed E-state index contributed by atoms with van der Waals surface area (Å²) in [6, 6.07) is 0. The van der Waals surface area contributed by atoms with Crippen LogP contribution in [0.2, 0.25) is 0 Å². The molecular weight excluding hydrogens is 258 g/mol. The summed E-state index contributed by atoms with van der Waals surface area (Å²) in [7, 11) is 1.60. The van der Waals surface area contributed by atoms with Crippen molar-refractivity contribution in [2.45, 2.75) is 38.7 Å². The minimum absolute atomic E-state index is 0.0909. The fourth-order valence-corrected chi connectivity index (χ4v) is 3.26. The fraction of sp³-hybridized carbons (Fsp3) is 0.933. The average molecular weight is 285 g/mol. The SMILES string of the molecule is COC[C@]1(O)CCN(C(=O)C2CCOCC2)CC1(C)C. The summed E-state index contributed by atoms with van der Waals surface area (Å²) in [6.45, 7) is 6.90. The van der Waals surface area contributed by atoms with Gasteiger partial charge in [0.05, 0.1) is 12.2 Å². The van der Waals surface area contributed by atoms with Crippen molar-refractivity contribution in [1.82, 2.24) is 4.90 Å². The van der Waals surface area contributed by atoms with Gasteiger partial charge in [0.25, 0.3) is 0 Å². The van der Waals surface area contributed by atoms with E-state index in [0.29, 0.717) is 39.3 Å². The molecule has 0 aromatic carbocycles. The van der Waals surface area contributed by atoms with Crippen molar-refractivity contribution in [2.24, 2.45) is 11.3 Å². The molecule has 2 heterocycles. The monoisotopic (exact) mass is 285 g/mol. The van der Waals surface area contributed by atoms with Crippen LogP contribution in [0.25, 0.3) is 0 Å². The fourth-order valence-electron chi connectivity index (χ4n) is 3.26. The Hall–Kier alpha value is -0.650. The normalized spacial score (nSPS) is 31.3. The zero-order valence-corrected chi connectivity index (χ0v) is 12.9. The number of methoxy groups -OCH3 is 1. The van der Waals surface area contributed by atoms with Crippen molar-refractivity contribution >= 4 is 5.91 Å². The van der Waals surface area contributed by atoms with Gasteiger partial charge in [-0.25, -0.2) is 0 Å². The predicted molar refractivity (Wildman–Crippen MR) is 75.3 cm³/mol. The zero-order valence-electron chi connectivity index (χ0n) is 12.9. The van der Waals surface area contributed by atoms with Gasteiger partial charge in [-0.15, -0.1) is 0 Å². The second-order valence-electron chi connectivity index (χ2n) is 6.74. The first-order valence-electron chi connectivity index (χ1n) is 7.47. The van der Waals surface area contributed by atoms with Crippen molar-refractivity contribution in [3.05, 3.63) is 0 Å². The number of hydrogen-bond donors (Lipinski definition) is 1. The van der Waals surface area contributed by atoms with E-state index in [0.717, 1.165) is 12.8 Å². The van der Waals surface area contributed by atoms with E-state index in [1.54, 1.807) is 7.11 Å². The van der Waals surface area contributed by atoms with Crippen molar-refractivity contribution < 1.29 is 19.4 Å². The average Bonchev–Trinajstić information content (AvgIpc) is 2.42. The molecule has 20 heavy (non-hydrogen) atoms. The largest absolute Gasteiger partial charge is 0.387 e. The lowest BCUT2D eigenvalue weighted by atomic mass is 9.70. The second kappa shape index (κ2) is 6.00. The van der Waals surface area contributed by atoms with Crippen LogP contribution in [0.1, 0.15) is 33.1 Å². The van der Waals surface area contributed by atoms with Crippen LogP contribution in [0.4, 0.5) is 0 Å². The highest BCUT2D eigenvalue weighted by atomic mass is 16.5. The van der Waals surface area contributed by atoms with Crippen LogP contribution in [0.3, 0.4) is 0 Å². The van der Waals surface area contributed by atoms with E-state index in [-0.39, 0.29) is 17.2 Å². The van der Waals surface area contributed by atoms with E-state index in [1.807, 2.05) is 18.7 Å². The molecule has 2 rings (SSSR count). The van der Waals surface area contributed by atoms with Crippen LogP contribution < -0.4 is 0 Å². The number of carbonyl (C=O) groups is 1. The lowest BCUT2D eigenvalue weighted by Crippen LogP contribution is -2.61. The number of aliphatic hydroxyl groups is 1. The third-order valence-electron chi connectivity index (χ3n) is 4.91. The summed E-state index contributed by atoms with van der Waals surface area (Å²) in [6.07, 6.45) is 2.21. The Morgan fingerprint density at radius 1 is 1.40 bits per heavy atom. The van der Waals surface area contributed by atoms with Gasteiger partial charge in [-0.05, 0) is 19.3 Å². The van der Waals surface area contributed by atoms with Crippen LogP contribution >= 0.6 is 0 Å². The van der Waals surface area contributed by atoms with Gasteiger partial charge in [0, 0.05) is 44.7 Å². The minimum Gasteiger partial charge on any atom is -0.387 e. The van der Waals surface area contributed by atoms with E-state index in [2.05, 4.69) is 0 Å². The van der Waals surface area contributed by atoms with E-state index in [4.69, 9.17) is 9.47 Å². The maximum atomic E-state index is 12.6. The number of ether oxygens (including phenoxy) is 2. The Kier molecular flexibility index (Phi) is 4.72. The summed E-state index contributed by atoms with van der Waals surface area (Å²) in [5, 5.41) is 10.7. The minimum atomic E-state index is -0.853. The number of carbonyl (C=O) groups excluding carboxylic acids is 1. The number of nitrogens with zero attached hydrogens (tertiary/aromatic N) is 1. The van der Waals surface area contributed by atoms with Gasteiger partial charge < -0.3 is 19.5 Å². The quantitative estimate of drug-likeness (QED) is 0.842. The summed E-state index contributed by atoms with van der Waals surface area (Å²) < 4.78 is 10.5. The number of rotatable bonds is 3. The second-order valence-corrected chi connectivity index (χ2v) is 6.74. The molecular formula is C15H27NO4. The van der Waals surface area contributed by atoms with Crippen molar-refractivity contribution in [3.63, 3.8) is 0 Å². The number of piperidine rings is 1. The molecule has 0 aromatic heterocycles. The molecule has 0 unspecified atom stereocenters. The summed E-state index contributed by atoms with van der Waals surface area (Å²) >= 11 is 0. The molecule has 0 aromatic rings. The molecule has 5 heteroatoms. The Morgan fingerprint density at radius 2 is 2.05 bits per heavy atom. The highest BCUT2D eigenvalue weighted by Gasteiger charge is 2.49. The summed E-state index contributed by atoms with van der Waals surface area (Å²) in [4.78, 5) is 14.5. The maximum Gasteiger partial charge on any atom is 0.225 e. The molecule has 0 spiro atoms. The molecule has 0 bridgehead atoms. The van der Waals surface area contributed by atoms with Crippen LogP contribution in [0.15, 0.2) is 0 Å². The zero-order chi connectivity index (χ0) is 14.8. The molecule has 1 N–H and O–H groups in total. The topological polar surface area (TPSA) is 59.0 Å². The highest BCUT2D eigenvalue weighted by molar-refractivity contribution is 5.79. The number of amides is 1. The molecule has 0 saturated carbocycles. The van der Waals surface area contributed by atoms with Crippen molar-refractivity contribution in [3.8, 4) is 0 Å². The smallest absolute Gasteiger partial charge is 0.225 e. The molecule has 2 fully saturated rings. The standard InChI is InChI=1S/C15H27NO4/c1-14(2)10-16(7-6-15(14,18)11-19-3)13(17)12-4-8-20-9-5-12/h12,18H,4-11H2,1-3H3/t15-/m1/s1. The first-order chi connectivity index (χ1) is 9.39. The Labute approximate surface area is 121 Å². The molecule has 1 amide bonds. The molecule has 5 nitrogen and oxygen atoms in total. The molecule has 2 aliphatic rings. The summed E-state index contributed by atoms with van der Waals surface area (Å²) in [5.74, 6) is 0.314. The van der Waals surface area contributed by atoms with Gasteiger partial charge in [0.2, 0.25) is 5.91 Å². The van der Waals surface area contributed by atoms with E-state index >= 15 is 0 Å². The van der Waals surface area contributed by atoms with Gasteiger partial charge >= 0.3 is 0 Å². The van der Waals surface area contributed by atoms with E-state index < -0.39 is 5.60 Å².